The maximum Gasteiger partial charge on any atom is 0.266 e. The summed E-state index contributed by atoms with van der Waals surface area (Å²) in [5.41, 5.74) is 6.62. The fourth-order valence-corrected chi connectivity index (χ4v) is 3.32. The maximum atomic E-state index is 13.0. The Hall–Kier alpha value is -3.65. The molecule has 0 aliphatic carbocycles. The first-order valence-corrected chi connectivity index (χ1v) is 9.26. The molecule has 1 amide bonds. The van der Waals surface area contributed by atoms with Gasteiger partial charge in [0.2, 0.25) is 0 Å². The van der Waals surface area contributed by atoms with Crippen molar-refractivity contribution in [1.29, 1.82) is 5.26 Å². The Morgan fingerprint density at radius 3 is 2.45 bits per heavy atom. The first kappa shape index (κ1) is 20.1. The highest BCUT2D eigenvalue weighted by Crippen LogP contribution is 2.26. The van der Waals surface area contributed by atoms with Crippen molar-refractivity contribution in [3.8, 4) is 11.8 Å². The van der Waals surface area contributed by atoms with Crippen molar-refractivity contribution in [1.82, 2.24) is 4.57 Å². The summed E-state index contributed by atoms with van der Waals surface area (Å²) in [4.78, 5) is 12.5. The van der Waals surface area contributed by atoms with Crippen LogP contribution in [0.2, 0.25) is 0 Å². The average Bonchev–Trinajstić information content (AvgIpc) is 2.97. The van der Waals surface area contributed by atoms with E-state index in [4.69, 9.17) is 0 Å². The minimum absolute atomic E-state index is 0.0180. The summed E-state index contributed by atoms with van der Waals surface area (Å²) in [6.45, 7) is 8.11. The zero-order valence-electron chi connectivity index (χ0n) is 16.9. The Bertz CT molecular complexity index is 1150. The van der Waals surface area contributed by atoms with Crippen LogP contribution in [-0.4, -0.2) is 10.5 Å². The van der Waals surface area contributed by atoms with Gasteiger partial charge in [0, 0.05) is 22.8 Å². The van der Waals surface area contributed by atoms with Crippen molar-refractivity contribution in [2.45, 2.75) is 27.7 Å². The average molecular weight is 387 g/mol. The molecule has 3 aromatic rings. The number of carbonyl (C=O) groups is 1. The molecule has 0 saturated heterocycles. The molecule has 3 rings (SSSR count). The van der Waals surface area contributed by atoms with Crippen LogP contribution in [0.25, 0.3) is 11.8 Å². The topological polar surface area (TPSA) is 57.8 Å². The van der Waals surface area contributed by atoms with Gasteiger partial charge in [-0.1, -0.05) is 12.1 Å². The summed E-state index contributed by atoms with van der Waals surface area (Å²) in [6.07, 6.45) is 1.59. The van der Waals surface area contributed by atoms with Crippen molar-refractivity contribution in [2.24, 2.45) is 0 Å². The van der Waals surface area contributed by atoms with Gasteiger partial charge < -0.3 is 9.88 Å². The number of nitrogens with zero attached hydrogens (tertiary/aromatic N) is 2. The molecule has 0 saturated carbocycles. The molecular weight excluding hydrogens is 365 g/mol. The van der Waals surface area contributed by atoms with Crippen LogP contribution in [0, 0.1) is 44.8 Å². The molecule has 1 N–H and O–H groups in total. The number of anilines is 1. The second-order valence-corrected chi connectivity index (χ2v) is 7.01. The van der Waals surface area contributed by atoms with Crippen LogP contribution in [0.5, 0.6) is 0 Å². The molecule has 0 spiro atoms. The summed E-state index contributed by atoms with van der Waals surface area (Å²) in [5, 5.41) is 12.1. The van der Waals surface area contributed by atoms with Crippen LogP contribution in [0.4, 0.5) is 10.1 Å². The number of halogens is 1. The summed E-state index contributed by atoms with van der Waals surface area (Å²) >= 11 is 0. The largest absolute Gasteiger partial charge is 0.321 e. The van der Waals surface area contributed by atoms with Crippen LogP contribution >= 0.6 is 0 Å². The monoisotopic (exact) mass is 387 g/mol. The fourth-order valence-electron chi connectivity index (χ4n) is 3.32. The molecule has 0 aliphatic rings. The van der Waals surface area contributed by atoms with Gasteiger partial charge in [0.1, 0.15) is 17.5 Å². The van der Waals surface area contributed by atoms with E-state index in [-0.39, 0.29) is 5.57 Å². The molecule has 0 atom stereocenters. The SMILES string of the molecule is Cc1cccc(-n2c(C)cc(/C=C(\C#N)C(=O)Nc3ccc(F)cc3)c2C)c1C. The van der Waals surface area contributed by atoms with Gasteiger partial charge in [-0.05, 0) is 86.9 Å². The zero-order chi connectivity index (χ0) is 21.1. The van der Waals surface area contributed by atoms with Crippen molar-refractivity contribution >= 4 is 17.7 Å². The molecule has 4 nitrogen and oxygen atoms in total. The highest BCUT2D eigenvalue weighted by molar-refractivity contribution is 6.09. The molecule has 146 valence electrons. The highest BCUT2D eigenvalue weighted by Gasteiger charge is 2.15. The number of aryl methyl sites for hydroxylation is 2. The second kappa shape index (κ2) is 8.15. The van der Waals surface area contributed by atoms with Gasteiger partial charge >= 0.3 is 0 Å². The lowest BCUT2D eigenvalue weighted by Crippen LogP contribution is -2.13. The molecule has 1 aromatic heterocycles. The Morgan fingerprint density at radius 2 is 1.79 bits per heavy atom. The van der Waals surface area contributed by atoms with Crippen molar-refractivity contribution in [2.75, 3.05) is 5.32 Å². The van der Waals surface area contributed by atoms with Crippen LogP contribution < -0.4 is 5.32 Å². The van der Waals surface area contributed by atoms with Gasteiger partial charge in [-0.3, -0.25) is 4.79 Å². The van der Waals surface area contributed by atoms with Crippen LogP contribution in [0.3, 0.4) is 0 Å². The van der Waals surface area contributed by atoms with E-state index in [2.05, 4.69) is 35.9 Å². The second-order valence-electron chi connectivity index (χ2n) is 7.01. The number of rotatable bonds is 4. The van der Waals surface area contributed by atoms with E-state index in [1.54, 1.807) is 6.08 Å². The van der Waals surface area contributed by atoms with Gasteiger partial charge in [-0.25, -0.2) is 4.39 Å². The number of aromatic nitrogens is 1. The number of nitrogens with one attached hydrogen (secondary N) is 1. The molecule has 0 unspecified atom stereocenters. The van der Waals surface area contributed by atoms with Crippen LogP contribution in [0.15, 0.2) is 54.1 Å². The minimum Gasteiger partial charge on any atom is -0.321 e. The van der Waals surface area contributed by atoms with Gasteiger partial charge in [-0.15, -0.1) is 0 Å². The molecule has 0 aliphatic heterocycles. The first-order valence-electron chi connectivity index (χ1n) is 9.26. The number of amides is 1. The number of benzene rings is 2. The number of hydrogen-bond donors (Lipinski definition) is 1. The van der Waals surface area contributed by atoms with E-state index in [1.165, 1.54) is 35.4 Å². The third-order valence-electron chi connectivity index (χ3n) is 5.05. The summed E-state index contributed by atoms with van der Waals surface area (Å²) < 4.78 is 15.2. The Balaban J connectivity index is 1.96. The quantitative estimate of drug-likeness (QED) is 0.482. The van der Waals surface area contributed by atoms with E-state index in [9.17, 15) is 14.4 Å². The Kier molecular flexibility index (Phi) is 5.65. The molecule has 2 aromatic carbocycles. The predicted molar refractivity (Wildman–Crippen MR) is 113 cm³/mol. The van der Waals surface area contributed by atoms with Gasteiger partial charge in [0.05, 0.1) is 0 Å². The summed E-state index contributed by atoms with van der Waals surface area (Å²) in [5.74, 6) is -0.923. The molecule has 1 heterocycles. The zero-order valence-corrected chi connectivity index (χ0v) is 16.9. The van der Waals surface area contributed by atoms with E-state index in [1.807, 2.05) is 32.0 Å². The number of nitriles is 1. The fraction of sp³-hybridized carbons (Fsp3) is 0.167. The lowest BCUT2D eigenvalue weighted by molar-refractivity contribution is -0.112. The van der Waals surface area contributed by atoms with Crippen molar-refractivity contribution < 1.29 is 9.18 Å². The molecule has 0 bridgehead atoms. The molecular formula is C24H22FN3O. The van der Waals surface area contributed by atoms with E-state index >= 15 is 0 Å². The highest BCUT2D eigenvalue weighted by atomic mass is 19.1. The summed E-state index contributed by atoms with van der Waals surface area (Å²) in [7, 11) is 0. The predicted octanol–water partition coefficient (Wildman–Crippen LogP) is 5.40. The normalized spacial score (nSPS) is 11.2. The van der Waals surface area contributed by atoms with Crippen LogP contribution in [-0.2, 0) is 4.79 Å². The molecule has 5 heteroatoms. The minimum atomic E-state index is -0.532. The smallest absolute Gasteiger partial charge is 0.266 e. The standard InChI is InChI=1S/C24H22FN3O/c1-15-6-5-7-23(17(15)3)28-16(2)12-19(18(28)4)13-20(14-26)24(29)27-22-10-8-21(25)9-11-22/h5-13H,1-4H3,(H,27,29)/b20-13+. The lowest BCUT2D eigenvalue weighted by Gasteiger charge is -2.14. The lowest BCUT2D eigenvalue weighted by atomic mass is 10.1. The van der Waals surface area contributed by atoms with Gasteiger partial charge in [0.15, 0.2) is 0 Å². The van der Waals surface area contributed by atoms with Gasteiger partial charge in [0.25, 0.3) is 5.91 Å². The van der Waals surface area contributed by atoms with E-state index < -0.39 is 11.7 Å². The first-order chi connectivity index (χ1) is 13.8. The van der Waals surface area contributed by atoms with Crippen molar-refractivity contribution in [3.63, 3.8) is 0 Å². The molecule has 29 heavy (non-hydrogen) atoms. The number of carbonyl (C=O) groups excluding carboxylic acids is 1. The van der Waals surface area contributed by atoms with E-state index in [0.29, 0.717) is 5.69 Å². The number of hydrogen-bond acceptors (Lipinski definition) is 2. The third-order valence-corrected chi connectivity index (χ3v) is 5.05. The van der Waals surface area contributed by atoms with Gasteiger partial charge in [-0.2, -0.15) is 5.26 Å². The summed E-state index contributed by atoms with van der Waals surface area (Å²) in [6, 6.07) is 15.5. The van der Waals surface area contributed by atoms with Crippen LogP contribution in [0.1, 0.15) is 28.1 Å². The maximum absolute atomic E-state index is 13.0. The Morgan fingerprint density at radius 1 is 1.10 bits per heavy atom. The van der Waals surface area contributed by atoms with E-state index in [0.717, 1.165) is 22.6 Å². The molecule has 0 radical (unpaired) electrons. The van der Waals surface area contributed by atoms with Crippen molar-refractivity contribution in [3.05, 3.63) is 88.0 Å². The Labute approximate surface area is 169 Å². The third kappa shape index (κ3) is 4.12. The molecule has 0 fully saturated rings.